The number of rotatable bonds is 1. The van der Waals surface area contributed by atoms with Crippen LogP contribution in [0.1, 0.15) is 53.4 Å². The number of hydrogen-bond acceptors (Lipinski definition) is 5. The number of hydrogen-bond donors (Lipinski definition) is 2. The van der Waals surface area contributed by atoms with Gasteiger partial charge in [-0.1, -0.05) is 0 Å². The second-order valence-corrected chi connectivity index (χ2v) is 6.83. The topological polar surface area (TPSA) is 67.8 Å². The van der Waals surface area contributed by atoms with Crippen LogP contribution in [0.25, 0.3) is 0 Å². The van der Waals surface area contributed by atoms with Crippen molar-refractivity contribution in [3.8, 4) is 0 Å². The first-order valence-electron chi connectivity index (χ1n) is 7.07. The molecule has 1 heterocycles. The highest BCUT2D eigenvalue weighted by Crippen LogP contribution is 2.39. The van der Waals surface area contributed by atoms with Gasteiger partial charge >= 0.3 is 5.97 Å². The van der Waals surface area contributed by atoms with E-state index in [0.717, 1.165) is 25.7 Å². The van der Waals surface area contributed by atoms with Crippen LogP contribution in [0.5, 0.6) is 0 Å². The van der Waals surface area contributed by atoms with Crippen molar-refractivity contribution < 1.29 is 19.5 Å². The van der Waals surface area contributed by atoms with E-state index < -0.39 is 11.7 Å². The molecule has 5 heteroatoms. The summed E-state index contributed by atoms with van der Waals surface area (Å²) in [6.45, 7) is 7.50. The quantitative estimate of drug-likeness (QED) is 0.708. The number of carbonyl (C=O) groups excluding carboxylic acids is 1. The SMILES string of the molecule is C[C@@H]1ONC2(CCC(C(=O)OC(C)(C)C)CC2)C1O. The summed E-state index contributed by atoms with van der Waals surface area (Å²) < 4.78 is 5.42. The largest absolute Gasteiger partial charge is 0.460 e. The zero-order valence-electron chi connectivity index (χ0n) is 12.2. The lowest BCUT2D eigenvalue weighted by atomic mass is 9.73. The number of carbonyl (C=O) groups is 1. The molecule has 1 saturated carbocycles. The van der Waals surface area contributed by atoms with Crippen LogP contribution in [0.2, 0.25) is 0 Å². The van der Waals surface area contributed by atoms with Crippen molar-refractivity contribution >= 4 is 5.97 Å². The molecule has 0 aromatic carbocycles. The van der Waals surface area contributed by atoms with Gasteiger partial charge in [0.2, 0.25) is 0 Å². The normalized spacial score (nSPS) is 39.5. The monoisotopic (exact) mass is 271 g/mol. The van der Waals surface area contributed by atoms with Crippen molar-refractivity contribution in [3.05, 3.63) is 0 Å². The number of ether oxygens (including phenoxy) is 1. The van der Waals surface area contributed by atoms with Crippen LogP contribution in [-0.2, 0) is 14.4 Å². The van der Waals surface area contributed by atoms with Crippen LogP contribution in [0, 0.1) is 5.92 Å². The summed E-state index contributed by atoms with van der Waals surface area (Å²) in [6.07, 6.45) is 2.24. The van der Waals surface area contributed by atoms with Crippen molar-refractivity contribution in [1.29, 1.82) is 0 Å². The Kier molecular flexibility index (Phi) is 3.91. The molecule has 0 bridgehead atoms. The van der Waals surface area contributed by atoms with Crippen LogP contribution < -0.4 is 5.48 Å². The van der Waals surface area contributed by atoms with E-state index in [1.807, 2.05) is 27.7 Å². The molecular weight excluding hydrogens is 246 g/mol. The van der Waals surface area contributed by atoms with Crippen LogP contribution in [0.3, 0.4) is 0 Å². The van der Waals surface area contributed by atoms with Gasteiger partial charge in [-0.15, -0.1) is 0 Å². The van der Waals surface area contributed by atoms with E-state index in [9.17, 15) is 9.90 Å². The molecule has 1 saturated heterocycles. The van der Waals surface area contributed by atoms with Gasteiger partial charge in [-0.05, 0) is 53.4 Å². The minimum Gasteiger partial charge on any atom is -0.460 e. The van der Waals surface area contributed by atoms with Gasteiger partial charge < -0.3 is 9.84 Å². The minimum atomic E-state index is -0.507. The third-order valence-electron chi connectivity index (χ3n) is 4.08. The third-order valence-corrected chi connectivity index (χ3v) is 4.08. The summed E-state index contributed by atoms with van der Waals surface area (Å²) in [5.74, 6) is -0.182. The van der Waals surface area contributed by atoms with Crippen molar-refractivity contribution in [2.45, 2.75) is 76.7 Å². The molecule has 2 aliphatic rings. The first-order valence-corrected chi connectivity index (χ1v) is 7.07. The molecule has 1 spiro atoms. The van der Waals surface area contributed by atoms with Gasteiger partial charge in [0.1, 0.15) is 17.8 Å². The molecule has 0 aromatic heterocycles. The van der Waals surface area contributed by atoms with Crippen LogP contribution >= 0.6 is 0 Å². The summed E-state index contributed by atoms with van der Waals surface area (Å²) >= 11 is 0. The zero-order chi connectivity index (χ0) is 14.3. The molecule has 19 heavy (non-hydrogen) atoms. The third kappa shape index (κ3) is 3.09. The van der Waals surface area contributed by atoms with Crippen molar-refractivity contribution in [2.24, 2.45) is 5.92 Å². The van der Waals surface area contributed by atoms with Gasteiger partial charge in [0, 0.05) is 0 Å². The molecular formula is C14H25NO4. The average molecular weight is 271 g/mol. The molecule has 1 aliphatic carbocycles. The van der Waals surface area contributed by atoms with Crippen molar-refractivity contribution in [1.82, 2.24) is 5.48 Å². The first-order chi connectivity index (χ1) is 8.73. The number of hydroxylamine groups is 1. The average Bonchev–Trinajstić information content (AvgIpc) is 2.57. The van der Waals surface area contributed by atoms with E-state index >= 15 is 0 Å². The van der Waals surface area contributed by atoms with Gasteiger partial charge in [-0.3, -0.25) is 9.63 Å². The maximum Gasteiger partial charge on any atom is 0.309 e. The van der Waals surface area contributed by atoms with Crippen LogP contribution in [0.4, 0.5) is 0 Å². The van der Waals surface area contributed by atoms with E-state index in [0.29, 0.717) is 0 Å². The second-order valence-electron chi connectivity index (χ2n) is 6.83. The van der Waals surface area contributed by atoms with E-state index in [4.69, 9.17) is 9.57 Å². The minimum absolute atomic E-state index is 0.0604. The Morgan fingerprint density at radius 3 is 2.37 bits per heavy atom. The lowest BCUT2D eigenvalue weighted by Crippen LogP contribution is -2.52. The predicted octanol–water partition coefficient (Wildman–Crippen LogP) is 1.54. The molecule has 1 unspecified atom stereocenters. The summed E-state index contributed by atoms with van der Waals surface area (Å²) in [5, 5.41) is 10.2. The highest BCUT2D eigenvalue weighted by Gasteiger charge is 2.50. The zero-order valence-corrected chi connectivity index (χ0v) is 12.2. The predicted molar refractivity (Wildman–Crippen MR) is 70.2 cm³/mol. The molecule has 2 rings (SSSR count). The fourth-order valence-electron chi connectivity index (χ4n) is 2.94. The lowest BCUT2D eigenvalue weighted by Gasteiger charge is -2.38. The Labute approximate surface area is 114 Å². The van der Waals surface area contributed by atoms with Crippen LogP contribution in [0.15, 0.2) is 0 Å². The van der Waals surface area contributed by atoms with Gasteiger partial charge in [0.25, 0.3) is 0 Å². The molecule has 0 radical (unpaired) electrons. The summed E-state index contributed by atoms with van der Waals surface area (Å²) in [4.78, 5) is 17.3. The molecule has 0 amide bonds. The Morgan fingerprint density at radius 1 is 1.37 bits per heavy atom. The van der Waals surface area contributed by atoms with Crippen LogP contribution in [-0.4, -0.2) is 34.4 Å². The second kappa shape index (κ2) is 5.04. The number of aliphatic hydroxyl groups is 1. The van der Waals surface area contributed by atoms with E-state index in [1.54, 1.807) is 0 Å². The Bertz CT molecular complexity index is 342. The number of aliphatic hydroxyl groups excluding tert-OH is 1. The van der Waals surface area contributed by atoms with Gasteiger partial charge in [0.05, 0.1) is 11.5 Å². The molecule has 110 valence electrons. The van der Waals surface area contributed by atoms with Gasteiger partial charge in [0.15, 0.2) is 0 Å². The van der Waals surface area contributed by atoms with Gasteiger partial charge in [-0.2, -0.15) is 5.48 Å². The van der Waals surface area contributed by atoms with E-state index in [-0.39, 0.29) is 23.5 Å². The molecule has 2 N–H and O–H groups in total. The Hall–Kier alpha value is -0.650. The van der Waals surface area contributed by atoms with Crippen molar-refractivity contribution in [3.63, 3.8) is 0 Å². The molecule has 0 aromatic rings. The fraction of sp³-hybridized carbons (Fsp3) is 0.929. The molecule has 2 atom stereocenters. The molecule has 1 aliphatic heterocycles. The first kappa shape index (κ1) is 14.8. The maximum atomic E-state index is 12.0. The Balaban J connectivity index is 1.91. The maximum absolute atomic E-state index is 12.0. The standard InChI is InChI=1S/C14H25NO4/c1-9-11(16)14(15-19-9)7-5-10(6-8-14)12(17)18-13(2,3)4/h9-11,15-16H,5-8H2,1-4H3/t9-,10?,11?,14?/m0/s1. The van der Waals surface area contributed by atoms with E-state index in [1.165, 1.54) is 0 Å². The highest BCUT2D eigenvalue weighted by molar-refractivity contribution is 5.73. The lowest BCUT2D eigenvalue weighted by molar-refractivity contribution is -0.162. The Morgan fingerprint density at radius 2 is 1.95 bits per heavy atom. The summed E-state index contributed by atoms with van der Waals surface area (Å²) in [6, 6.07) is 0. The molecule has 5 nitrogen and oxygen atoms in total. The number of nitrogens with one attached hydrogen (secondary N) is 1. The summed E-state index contributed by atoms with van der Waals surface area (Å²) in [5.41, 5.74) is 2.16. The van der Waals surface area contributed by atoms with Crippen molar-refractivity contribution in [2.75, 3.05) is 0 Å². The fourth-order valence-corrected chi connectivity index (χ4v) is 2.94. The summed E-state index contributed by atoms with van der Waals surface area (Å²) in [7, 11) is 0. The van der Waals surface area contributed by atoms with E-state index in [2.05, 4.69) is 5.48 Å². The smallest absolute Gasteiger partial charge is 0.309 e. The van der Waals surface area contributed by atoms with Gasteiger partial charge in [-0.25, -0.2) is 0 Å². The highest BCUT2D eigenvalue weighted by atomic mass is 16.7. The number of esters is 1. The molecule has 2 fully saturated rings.